The molecular weight excluding hydrogens is 290 g/mol. The maximum Gasteiger partial charge on any atom is 0.133 e. The lowest BCUT2D eigenvalue weighted by molar-refractivity contribution is 0.132. The van der Waals surface area contributed by atoms with Gasteiger partial charge in [0, 0.05) is 13.1 Å². The summed E-state index contributed by atoms with van der Waals surface area (Å²) in [6, 6.07) is 6.36. The number of hydrogen-bond acceptors (Lipinski definition) is 2. The van der Waals surface area contributed by atoms with Crippen molar-refractivity contribution < 1.29 is 4.74 Å². The lowest BCUT2D eigenvalue weighted by Gasteiger charge is -2.35. The number of nitrogens with zero attached hydrogens (tertiary/aromatic N) is 1. The number of methoxy groups -OCH3 is 1. The molecule has 18 heavy (non-hydrogen) atoms. The van der Waals surface area contributed by atoms with E-state index in [9.17, 15) is 0 Å². The van der Waals surface area contributed by atoms with Gasteiger partial charge in [0.2, 0.25) is 0 Å². The van der Waals surface area contributed by atoms with Gasteiger partial charge in [-0.15, -0.1) is 0 Å². The van der Waals surface area contributed by atoms with Crippen molar-refractivity contribution in [3.05, 3.63) is 28.2 Å². The van der Waals surface area contributed by atoms with Gasteiger partial charge in [-0.25, -0.2) is 0 Å². The highest BCUT2D eigenvalue weighted by molar-refractivity contribution is 9.10. The lowest BCUT2D eigenvalue weighted by atomic mass is 9.88. The number of halogens is 1. The molecule has 1 aromatic rings. The Kier molecular flexibility index (Phi) is 4.68. The minimum absolute atomic E-state index is 0.806. The first-order valence-corrected chi connectivity index (χ1v) is 7.44. The van der Waals surface area contributed by atoms with Crippen LogP contribution in [0, 0.1) is 11.8 Å². The Hall–Kier alpha value is -0.540. The summed E-state index contributed by atoms with van der Waals surface area (Å²) in [5, 5.41) is 0. The molecule has 1 fully saturated rings. The third-order valence-corrected chi connectivity index (χ3v) is 4.66. The largest absolute Gasteiger partial charge is 0.496 e. The fourth-order valence-electron chi connectivity index (χ4n) is 2.56. The SMILES string of the molecule is COc1ccc(CN2CCC(C)C(C)C2)cc1Br. The lowest BCUT2D eigenvalue weighted by Crippen LogP contribution is -2.37. The molecule has 0 aromatic heterocycles. The van der Waals surface area contributed by atoms with Crippen LogP contribution >= 0.6 is 15.9 Å². The fraction of sp³-hybridized carbons (Fsp3) is 0.600. The second-order valence-corrected chi connectivity index (χ2v) is 6.30. The normalized spacial score (nSPS) is 25.1. The second kappa shape index (κ2) is 6.07. The van der Waals surface area contributed by atoms with Crippen LogP contribution in [0.3, 0.4) is 0 Å². The van der Waals surface area contributed by atoms with Gasteiger partial charge in [0.15, 0.2) is 0 Å². The zero-order valence-electron chi connectivity index (χ0n) is 11.4. The van der Waals surface area contributed by atoms with Crippen molar-refractivity contribution in [1.29, 1.82) is 0 Å². The highest BCUT2D eigenvalue weighted by Crippen LogP contribution is 2.28. The molecule has 0 radical (unpaired) electrons. The van der Waals surface area contributed by atoms with Crippen LogP contribution in [0.2, 0.25) is 0 Å². The van der Waals surface area contributed by atoms with E-state index >= 15 is 0 Å². The monoisotopic (exact) mass is 311 g/mol. The van der Waals surface area contributed by atoms with Crippen LogP contribution in [-0.4, -0.2) is 25.1 Å². The maximum atomic E-state index is 5.26. The predicted octanol–water partition coefficient (Wildman–Crippen LogP) is 3.94. The van der Waals surface area contributed by atoms with Crippen molar-refractivity contribution in [2.75, 3.05) is 20.2 Å². The molecule has 0 amide bonds. The average Bonchev–Trinajstić information content (AvgIpc) is 2.34. The van der Waals surface area contributed by atoms with Gasteiger partial charge in [0.25, 0.3) is 0 Å². The molecule has 0 bridgehead atoms. The molecule has 2 rings (SSSR count). The van der Waals surface area contributed by atoms with Gasteiger partial charge >= 0.3 is 0 Å². The molecule has 0 spiro atoms. The first kappa shape index (κ1) is 13.9. The number of likely N-dealkylation sites (tertiary alicyclic amines) is 1. The maximum absolute atomic E-state index is 5.26. The summed E-state index contributed by atoms with van der Waals surface area (Å²) in [5.74, 6) is 2.57. The fourth-order valence-corrected chi connectivity index (χ4v) is 3.15. The molecule has 0 N–H and O–H groups in total. The summed E-state index contributed by atoms with van der Waals surface area (Å²) >= 11 is 3.55. The minimum Gasteiger partial charge on any atom is -0.496 e. The van der Waals surface area contributed by atoms with Crippen molar-refractivity contribution in [2.24, 2.45) is 11.8 Å². The quantitative estimate of drug-likeness (QED) is 0.838. The third-order valence-electron chi connectivity index (χ3n) is 4.04. The van der Waals surface area contributed by atoms with Gasteiger partial charge in [-0.2, -0.15) is 0 Å². The van der Waals surface area contributed by atoms with Crippen molar-refractivity contribution in [1.82, 2.24) is 4.90 Å². The summed E-state index contributed by atoms with van der Waals surface area (Å²) in [5.41, 5.74) is 1.35. The van der Waals surface area contributed by atoms with E-state index in [-0.39, 0.29) is 0 Å². The van der Waals surface area contributed by atoms with Crippen molar-refractivity contribution in [3.8, 4) is 5.75 Å². The van der Waals surface area contributed by atoms with Crippen LogP contribution in [0.25, 0.3) is 0 Å². The summed E-state index contributed by atoms with van der Waals surface area (Å²) in [4.78, 5) is 2.55. The number of ether oxygens (including phenoxy) is 1. The van der Waals surface area contributed by atoms with E-state index in [0.29, 0.717) is 0 Å². The molecule has 1 heterocycles. The Morgan fingerprint density at radius 3 is 2.72 bits per heavy atom. The van der Waals surface area contributed by atoms with E-state index in [1.165, 1.54) is 25.1 Å². The molecule has 0 saturated carbocycles. The van der Waals surface area contributed by atoms with Gasteiger partial charge in [-0.1, -0.05) is 19.9 Å². The first-order valence-electron chi connectivity index (χ1n) is 6.65. The molecule has 100 valence electrons. The summed E-state index contributed by atoms with van der Waals surface area (Å²) < 4.78 is 6.30. The van der Waals surface area contributed by atoms with Gasteiger partial charge in [0.1, 0.15) is 5.75 Å². The van der Waals surface area contributed by atoms with E-state index < -0.39 is 0 Å². The molecule has 2 nitrogen and oxygen atoms in total. The third kappa shape index (κ3) is 3.27. The topological polar surface area (TPSA) is 12.5 Å². The van der Waals surface area contributed by atoms with E-state index in [4.69, 9.17) is 4.74 Å². The number of benzene rings is 1. The van der Waals surface area contributed by atoms with Gasteiger partial charge in [0.05, 0.1) is 11.6 Å². The van der Waals surface area contributed by atoms with Crippen molar-refractivity contribution >= 4 is 15.9 Å². The molecule has 1 aromatic carbocycles. The number of hydrogen-bond donors (Lipinski definition) is 0. The molecule has 1 saturated heterocycles. The smallest absolute Gasteiger partial charge is 0.133 e. The predicted molar refractivity (Wildman–Crippen MR) is 78.9 cm³/mol. The molecule has 0 aliphatic carbocycles. The zero-order valence-corrected chi connectivity index (χ0v) is 13.0. The molecule has 1 aliphatic rings. The van der Waals surface area contributed by atoms with Crippen LogP contribution < -0.4 is 4.74 Å². The Morgan fingerprint density at radius 2 is 2.11 bits per heavy atom. The van der Waals surface area contributed by atoms with Crippen LogP contribution in [0.5, 0.6) is 5.75 Å². The second-order valence-electron chi connectivity index (χ2n) is 5.45. The molecule has 3 heteroatoms. The molecule has 2 atom stereocenters. The Balaban J connectivity index is 1.99. The zero-order chi connectivity index (χ0) is 13.1. The van der Waals surface area contributed by atoms with Crippen molar-refractivity contribution in [2.45, 2.75) is 26.8 Å². The highest BCUT2D eigenvalue weighted by atomic mass is 79.9. The van der Waals surface area contributed by atoms with Crippen LogP contribution in [0.4, 0.5) is 0 Å². The average molecular weight is 312 g/mol. The van der Waals surface area contributed by atoms with Crippen LogP contribution in [-0.2, 0) is 6.54 Å². The molecule has 1 aliphatic heterocycles. The van der Waals surface area contributed by atoms with E-state index in [1.807, 2.05) is 6.07 Å². The van der Waals surface area contributed by atoms with Gasteiger partial charge in [-0.05, 0) is 58.4 Å². The number of piperidine rings is 1. The van der Waals surface area contributed by atoms with Gasteiger partial charge in [-0.3, -0.25) is 4.90 Å². The van der Waals surface area contributed by atoms with E-state index in [1.54, 1.807) is 7.11 Å². The van der Waals surface area contributed by atoms with E-state index in [0.717, 1.165) is 28.6 Å². The highest BCUT2D eigenvalue weighted by Gasteiger charge is 2.22. The number of rotatable bonds is 3. The van der Waals surface area contributed by atoms with Crippen LogP contribution in [0.15, 0.2) is 22.7 Å². The van der Waals surface area contributed by atoms with Crippen LogP contribution in [0.1, 0.15) is 25.8 Å². The van der Waals surface area contributed by atoms with Gasteiger partial charge < -0.3 is 4.74 Å². The summed E-state index contributed by atoms with van der Waals surface area (Å²) in [6.07, 6.45) is 1.32. The summed E-state index contributed by atoms with van der Waals surface area (Å²) in [7, 11) is 1.70. The Morgan fingerprint density at radius 1 is 1.33 bits per heavy atom. The Labute approximate surface area is 118 Å². The first-order chi connectivity index (χ1) is 8.60. The molecule has 2 unspecified atom stereocenters. The Bertz CT molecular complexity index is 407. The summed E-state index contributed by atoms with van der Waals surface area (Å²) in [6.45, 7) is 8.20. The molecular formula is C15H22BrNO. The minimum atomic E-state index is 0.806. The van der Waals surface area contributed by atoms with Crippen molar-refractivity contribution in [3.63, 3.8) is 0 Å². The standard InChI is InChI=1S/C15H22BrNO/c1-11-6-7-17(9-12(11)2)10-13-4-5-15(18-3)14(16)8-13/h4-5,8,11-12H,6-7,9-10H2,1-3H3. The van der Waals surface area contributed by atoms with E-state index in [2.05, 4.69) is 46.8 Å².